The van der Waals surface area contributed by atoms with Crippen molar-refractivity contribution in [3.8, 4) is 0 Å². The predicted molar refractivity (Wildman–Crippen MR) is 98.7 cm³/mol. The summed E-state index contributed by atoms with van der Waals surface area (Å²) in [5.41, 5.74) is 1.48. The van der Waals surface area contributed by atoms with Gasteiger partial charge < -0.3 is 15.3 Å². The fourth-order valence-electron chi connectivity index (χ4n) is 3.19. The van der Waals surface area contributed by atoms with E-state index in [0.29, 0.717) is 18.5 Å². The van der Waals surface area contributed by atoms with Crippen LogP contribution in [0, 0.1) is 0 Å². The molecular weight excluding hydrogens is 314 g/mol. The van der Waals surface area contributed by atoms with E-state index in [2.05, 4.69) is 15.2 Å². The van der Waals surface area contributed by atoms with Crippen LogP contribution in [-0.4, -0.2) is 35.6 Å². The lowest BCUT2D eigenvalue weighted by molar-refractivity contribution is 0.0942. The van der Waals surface area contributed by atoms with Crippen molar-refractivity contribution >= 4 is 11.7 Å². The first-order chi connectivity index (χ1) is 12.3. The van der Waals surface area contributed by atoms with Crippen molar-refractivity contribution in [2.24, 2.45) is 0 Å². The van der Waals surface area contributed by atoms with Gasteiger partial charge in [0.1, 0.15) is 5.82 Å². The lowest BCUT2D eigenvalue weighted by Gasteiger charge is -2.29. The number of rotatable bonds is 6. The molecule has 1 aromatic carbocycles. The van der Waals surface area contributed by atoms with E-state index in [4.69, 9.17) is 0 Å². The number of piperidine rings is 1. The second kappa shape index (κ2) is 8.62. The van der Waals surface area contributed by atoms with Crippen molar-refractivity contribution in [2.45, 2.75) is 31.8 Å². The fraction of sp³-hybridized carbons (Fsp3) is 0.400. The van der Waals surface area contributed by atoms with Gasteiger partial charge in [-0.3, -0.25) is 4.79 Å². The number of amides is 1. The first-order valence-electron chi connectivity index (χ1n) is 8.97. The Morgan fingerprint density at radius 1 is 1.12 bits per heavy atom. The number of carbonyl (C=O) groups excluding carboxylic acids is 1. The Bertz CT molecular complexity index is 684. The highest BCUT2D eigenvalue weighted by atomic mass is 16.3. The van der Waals surface area contributed by atoms with E-state index in [-0.39, 0.29) is 5.91 Å². The van der Waals surface area contributed by atoms with E-state index in [0.717, 1.165) is 37.3 Å². The number of hydrogen-bond donors (Lipinski definition) is 2. The standard InChI is InChI=1S/C20H25N3O2/c24-18(16-8-3-1-4-9-16)11-13-22-20(25)17-10-7-12-21-19(17)23-14-5-2-6-15-23/h1,3-4,7-10,12,18,24H,2,5-6,11,13-15H2,(H,22,25). The third-order valence-electron chi connectivity index (χ3n) is 4.57. The van der Waals surface area contributed by atoms with Crippen molar-refractivity contribution in [3.63, 3.8) is 0 Å². The lowest BCUT2D eigenvalue weighted by atomic mass is 10.1. The SMILES string of the molecule is O=C(NCCC(O)c1ccccc1)c1cccnc1N1CCCCC1. The Morgan fingerprint density at radius 3 is 2.64 bits per heavy atom. The lowest BCUT2D eigenvalue weighted by Crippen LogP contribution is -2.34. The number of nitrogens with one attached hydrogen (secondary N) is 1. The number of carbonyl (C=O) groups is 1. The summed E-state index contributed by atoms with van der Waals surface area (Å²) >= 11 is 0. The number of nitrogens with zero attached hydrogens (tertiary/aromatic N) is 2. The minimum absolute atomic E-state index is 0.131. The van der Waals surface area contributed by atoms with Crippen LogP contribution < -0.4 is 10.2 Å². The van der Waals surface area contributed by atoms with Crippen LogP contribution in [0.4, 0.5) is 5.82 Å². The summed E-state index contributed by atoms with van der Waals surface area (Å²) in [5.74, 6) is 0.636. The average Bonchev–Trinajstić information content (AvgIpc) is 2.69. The molecule has 0 radical (unpaired) electrons. The van der Waals surface area contributed by atoms with Gasteiger partial charge >= 0.3 is 0 Å². The molecule has 1 aliphatic rings. The van der Waals surface area contributed by atoms with Gasteiger partial charge in [0.15, 0.2) is 0 Å². The number of benzene rings is 1. The van der Waals surface area contributed by atoms with Gasteiger partial charge in [0.25, 0.3) is 5.91 Å². The van der Waals surface area contributed by atoms with Gasteiger partial charge in [-0.2, -0.15) is 0 Å². The summed E-state index contributed by atoms with van der Waals surface area (Å²) in [6, 6.07) is 13.1. The second-order valence-corrected chi connectivity index (χ2v) is 6.39. The monoisotopic (exact) mass is 339 g/mol. The first kappa shape index (κ1) is 17.4. The molecule has 1 aromatic heterocycles. The molecule has 2 N–H and O–H groups in total. The molecule has 5 nitrogen and oxygen atoms in total. The number of pyridine rings is 1. The van der Waals surface area contributed by atoms with Crippen LogP contribution >= 0.6 is 0 Å². The third kappa shape index (κ3) is 4.57. The molecule has 0 spiro atoms. The molecule has 0 bridgehead atoms. The quantitative estimate of drug-likeness (QED) is 0.849. The van der Waals surface area contributed by atoms with Gasteiger partial charge in [-0.15, -0.1) is 0 Å². The van der Waals surface area contributed by atoms with Gasteiger partial charge in [-0.25, -0.2) is 4.98 Å². The van der Waals surface area contributed by atoms with Crippen LogP contribution in [0.25, 0.3) is 0 Å². The minimum atomic E-state index is -0.572. The largest absolute Gasteiger partial charge is 0.388 e. The molecule has 1 atom stereocenters. The van der Waals surface area contributed by atoms with Crippen molar-refractivity contribution in [1.82, 2.24) is 10.3 Å². The van der Waals surface area contributed by atoms with Crippen molar-refractivity contribution in [3.05, 3.63) is 59.8 Å². The molecule has 1 aliphatic heterocycles. The Balaban J connectivity index is 1.58. The Kier molecular flexibility index (Phi) is 6.01. The Hall–Kier alpha value is -2.40. The molecule has 0 aliphatic carbocycles. The molecular formula is C20H25N3O2. The number of aromatic nitrogens is 1. The highest BCUT2D eigenvalue weighted by Crippen LogP contribution is 2.21. The van der Waals surface area contributed by atoms with Gasteiger partial charge in [0, 0.05) is 25.8 Å². The van der Waals surface area contributed by atoms with Crippen LogP contribution in [0.15, 0.2) is 48.7 Å². The number of aliphatic hydroxyl groups is 1. The van der Waals surface area contributed by atoms with E-state index in [1.165, 1.54) is 6.42 Å². The maximum Gasteiger partial charge on any atom is 0.255 e. The molecule has 1 saturated heterocycles. The van der Waals surface area contributed by atoms with Crippen LogP contribution in [0.5, 0.6) is 0 Å². The summed E-state index contributed by atoms with van der Waals surface area (Å²) < 4.78 is 0. The maximum absolute atomic E-state index is 12.6. The third-order valence-corrected chi connectivity index (χ3v) is 4.57. The van der Waals surface area contributed by atoms with Gasteiger partial charge in [-0.1, -0.05) is 30.3 Å². The van der Waals surface area contributed by atoms with Crippen LogP contribution in [0.3, 0.4) is 0 Å². The van der Waals surface area contributed by atoms with Crippen LogP contribution in [0.2, 0.25) is 0 Å². The average molecular weight is 339 g/mol. The summed E-state index contributed by atoms with van der Waals surface area (Å²) in [6.45, 7) is 2.32. The van der Waals surface area contributed by atoms with E-state index < -0.39 is 6.10 Å². The molecule has 2 aromatic rings. The molecule has 25 heavy (non-hydrogen) atoms. The van der Waals surface area contributed by atoms with Gasteiger partial charge in [0.05, 0.1) is 11.7 Å². The normalized spacial score (nSPS) is 15.6. The highest BCUT2D eigenvalue weighted by molar-refractivity contribution is 5.98. The smallest absolute Gasteiger partial charge is 0.255 e. The molecule has 0 saturated carbocycles. The van der Waals surface area contributed by atoms with Crippen LogP contribution in [-0.2, 0) is 0 Å². The van der Waals surface area contributed by atoms with E-state index in [1.54, 1.807) is 12.3 Å². The summed E-state index contributed by atoms with van der Waals surface area (Å²) in [7, 11) is 0. The number of hydrogen-bond acceptors (Lipinski definition) is 4. The molecule has 2 heterocycles. The number of anilines is 1. The highest BCUT2D eigenvalue weighted by Gasteiger charge is 2.19. The van der Waals surface area contributed by atoms with Gasteiger partial charge in [0.2, 0.25) is 0 Å². The Morgan fingerprint density at radius 2 is 1.88 bits per heavy atom. The van der Waals surface area contributed by atoms with E-state index in [1.807, 2.05) is 36.4 Å². The second-order valence-electron chi connectivity index (χ2n) is 6.39. The fourth-order valence-corrected chi connectivity index (χ4v) is 3.19. The zero-order chi connectivity index (χ0) is 17.5. The molecule has 1 fully saturated rings. The van der Waals surface area contributed by atoms with Crippen molar-refractivity contribution in [2.75, 3.05) is 24.5 Å². The molecule has 1 amide bonds. The van der Waals surface area contributed by atoms with E-state index >= 15 is 0 Å². The topological polar surface area (TPSA) is 65.5 Å². The van der Waals surface area contributed by atoms with Gasteiger partial charge in [-0.05, 0) is 43.4 Å². The van der Waals surface area contributed by atoms with Crippen molar-refractivity contribution < 1.29 is 9.90 Å². The summed E-state index contributed by atoms with van der Waals surface area (Å²) in [4.78, 5) is 19.2. The number of aliphatic hydroxyl groups excluding tert-OH is 1. The van der Waals surface area contributed by atoms with Crippen LogP contribution in [0.1, 0.15) is 47.7 Å². The van der Waals surface area contributed by atoms with E-state index in [9.17, 15) is 9.90 Å². The molecule has 5 heteroatoms. The summed E-state index contributed by atoms with van der Waals surface area (Å²) in [6.07, 6.45) is 5.16. The predicted octanol–water partition coefficient (Wildman–Crippen LogP) is 2.93. The first-order valence-corrected chi connectivity index (χ1v) is 8.97. The zero-order valence-corrected chi connectivity index (χ0v) is 14.4. The minimum Gasteiger partial charge on any atom is -0.388 e. The molecule has 3 rings (SSSR count). The zero-order valence-electron chi connectivity index (χ0n) is 14.4. The summed E-state index contributed by atoms with van der Waals surface area (Å²) in [5, 5.41) is 13.1. The maximum atomic E-state index is 12.6. The van der Waals surface area contributed by atoms with Crippen molar-refractivity contribution in [1.29, 1.82) is 0 Å². The Labute approximate surface area is 148 Å². The molecule has 1 unspecified atom stereocenters. The molecule has 132 valence electrons.